The quantitative estimate of drug-likeness (QED) is 0.924. The maximum absolute atomic E-state index is 6.12. The SMILES string of the molecule is CC(N)c1ccccc1N1CCC(CN2CCCC2)CC1. The van der Waals surface area contributed by atoms with Crippen LogP contribution >= 0.6 is 0 Å². The molecule has 0 amide bonds. The van der Waals surface area contributed by atoms with Crippen LogP contribution in [0.15, 0.2) is 24.3 Å². The molecule has 0 aromatic heterocycles. The van der Waals surface area contributed by atoms with Crippen LogP contribution in [0.3, 0.4) is 0 Å². The zero-order chi connectivity index (χ0) is 14.7. The van der Waals surface area contributed by atoms with Crippen LogP contribution in [0.2, 0.25) is 0 Å². The molecule has 0 saturated carbocycles. The molecular formula is C18H29N3. The molecule has 0 spiro atoms. The average Bonchev–Trinajstić information content (AvgIpc) is 3.01. The third kappa shape index (κ3) is 3.58. The van der Waals surface area contributed by atoms with Gasteiger partial charge in [0.1, 0.15) is 0 Å². The number of benzene rings is 1. The lowest BCUT2D eigenvalue weighted by molar-refractivity contribution is 0.249. The molecule has 3 nitrogen and oxygen atoms in total. The van der Waals surface area contributed by atoms with Gasteiger partial charge in [-0.15, -0.1) is 0 Å². The van der Waals surface area contributed by atoms with E-state index in [4.69, 9.17) is 5.73 Å². The summed E-state index contributed by atoms with van der Waals surface area (Å²) < 4.78 is 0. The van der Waals surface area contributed by atoms with Crippen LogP contribution in [-0.4, -0.2) is 37.6 Å². The smallest absolute Gasteiger partial charge is 0.0414 e. The van der Waals surface area contributed by atoms with Crippen molar-refractivity contribution in [1.82, 2.24) is 4.90 Å². The number of piperidine rings is 1. The molecule has 1 unspecified atom stereocenters. The lowest BCUT2D eigenvalue weighted by Crippen LogP contribution is -2.38. The number of nitrogens with two attached hydrogens (primary N) is 1. The van der Waals surface area contributed by atoms with Gasteiger partial charge in [0, 0.05) is 31.4 Å². The standard InChI is InChI=1S/C18H29N3/c1-15(19)17-6-2-3-7-18(17)21-12-8-16(9-13-21)14-20-10-4-5-11-20/h2-3,6-7,15-16H,4-5,8-14,19H2,1H3. The van der Waals surface area contributed by atoms with E-state index in [0.29, 0.717) is 0 Å². The fourth-order valence-electron chi connectivity index (χ4n) is 3.85. The largest absolute Gasteiger partial charge is 0.371 e. The Labute approximate surface area is 129 Å². The second kappa shape index (κ2) is 6.80. The Balaban J connectivity index is 1.58. The molecule has 2 fully saturated rings. The first-order valence-corrected chi connectivity index (χ1v) is 8.56. The van der Waals surface area contributed by atoms with E-state index in [9.17, 15) is 0 Å². The normalized spacial score (nSPS) is 22.7. The van der Waals surface area contributed by atoms with Crippen molar-refractivity contribution in [3.05, 3.63) is 29.8 Å². The second-order valence-electron chi connectivity index (χ2n) is 6.79. The fraction of sp³-hybridized carbons (Fsp3) is 0.667. The molecule has 0 bridgehead atoms. The maximum Gasteiger partial charge on any atom is 0.0414 e. The molecule has 2 saturated heterocycles. The van der Waals surface area contributed by atoms with Crippen molar-refractivity contribution in [2.75, 3.05) is 37.6 Å². The average molecular weight is 287 g/mol. The lowest BCUT2D eigenvalue weighted by Gasteiger charge is -2.36. The molecule has 2 heterocycles. The zero-order valence-corrected chi connectivity index (χ0v) is 13.3. The van der Waals surface area contributed by atoms with Crippen molar-refractivity contribution in [2.24, 2.45) is 11.7 Å². The van der Waals surface area contributed by atoms with Crippen LogP contribution in [0.25, 0.3) is 0 Å². The van der Waals surface area contributed by atoms with Crippen LogP contribution in [-0.2, 0) is 0 Å². The van der Waals surface area contributed by atoms with Gasteiger partial charge in [-0.05, 0) is 63.2 Å². The molecular weight excluding hydrogens is 258 g/mol. The molecule has 2 N–H and O–H groups in total. The van der Waals surface area contributed by atoms with Crippen LogP contribution in [0.1, 0.15) is 44.2 Å². The second-order valence-corrected chi connectivity index (χ2v) is 6.79. The summed E-state index contributed by atoms with van der Waals surface area (Å²) in [6.07, 6.45) is 5.45. The van der Waals surface area contributed by atoms with Crippen molar-refractivity contribution in [3.63, 3.8) is 0 Å². The van der Waals surface area contributed by atoms with E-state index in [1.54, 1.807) is 0 Å². The molecule has 3 rings (SSSR count). The van der Waals surface area contributed by atoms with Crippen LogP contribution in [0, 0.1) is 5.92 Å². The van der Waals surface area contributed by atoms with Crippen molar-refractivity contribution in [2.45, 2.75) is 38.6 Å². The highest BCUT2D eigenvalue weighted by atomic mass is 15.2. The summed E-state index contributed by atoms with van der Waals surface area (Å²) in [5.74, 6) is 0.891. The molecule has 1 aromatic rings. The summed E-state index contributed by atoms with van der Waals surface area (Å²) in [4.78, 5) is 5.20. The molecule has 1 atom stereocenters. The Morgan fingerprint density at radius 2 is 1.76 bits per heavy atom. The number of anilines is 1. The van der Waals surface area contributed by atoms with Crippen LogP contribution < -0.4 is 10.6 Å². The molecule has 2 aliphatic rings. The summed E-state index contributed by atoms with van der Waals surface area (Å²) in [5, 5.41) is 0. The molecule has 21 heavy (non-hydrogen) atoms. The number of hydrogen-bond acceptors (Lipinski definition) is 3. The Hall–Kier alpha value is -1.06. The first-order valence-electron chi connectivity index (χ1n) is 8.56. The lowest BCUT2D eigenvalue weighted by atomic mass is 9.94. The third-order valence-corrected chi connectivity index (χ3v) is 5.10. The molecule has 3 heteroatoms. The fourth-order valence-corrected chi connectivity index (χ4v) is 3.85. The minimum atomic E-state index is 0.114. The van der Waals surface area contributed by atoms with Gasteiger partial charge in [0.05, 0.1) is 0 Å². The highest BCUT2D eigenvalue weighted by Crippen LogP contribution is 2.29. The number of para-hydroxylation sites is 1. The van der Waals surface area contributed by atoms with Gasteiger partial charge in [-0.25, -0.2) is 0 Å². The van der Waals surface area contributed by atoms with Gasteiger partial charge >= 0.3 is 0 Å². The Bertz CT molecular complexity index is 444. The molecule has 0 aliphatic carbocycles. The third-order valence-electron chi connectivity index (χ3n) is 5.10. The monoisotopic (exact) mass is 287 g/mol. The zero-order valence-electron chi connectivity index (χ0n) is 13.3. The molecule has 0 radical (unpaired) electrons. The number of nitrogens with zero attached hydrogens (tertiary/aromatic N) is 2. The van der Waals surface area contributed by atoms with Crippen molar-refractivity contribution < 1.29 is 0 Å². The van der Waals surface area contributed by atoms with Gasteiger partial charge in [0.25, 0.3) is 0 Å². The topological polar surface area (TPSA) is 32.5 Å². The van der Waals surface area contributed by atoms with E-state index < -0.39 is 0 Å². The van der Waals surface area contributed by atoms with E-state index in [-0.39, 0.29) is 6.04 Å². The van der Waals surface area contributed by atoms with Gasteiger partial charge < -0.3 is 15.5 Å². The highest BCUT2D eigenvalue weighted by Gasteiger charge is 2.24. The van der Waals surface area contributed by atoms with Crippen molar-refractivity contribution in [1.29, 1.82) is 0 Å². The first kappa shape index (κ1) is 14.9. The molecule has 116 valence electrons. The van der Waals surface area contributed by atoms with E-state index in [1.807, 2.05) is 0 Å². The first-order chi connectivity index (χ1) is 10.2. The van der Waals surface area contributed by atoms with E-state index >= 15 is 0 Å². The highest BCUT2D eigenvalue weighted by molar-refractivity contribution is 5.55. The summed E-state index contributed by atoms with van der Waals surface area (Å²) >= 11 is 0. The molecule has 2 aliphatic heterocycles. The Morgan fingerprint density at radius 1 is 1.10 bits per heavy atom. The maximum atomic E-state index is 6.12. The number of rotatable bonds is 4. The van der Waals surface area contributed by atoms with Crippen molar-refractivity contribution >= 4 is 5.69 Å². The van der Waals surface area contributed by atoms with Gasteiger partial charge in [-0.1, -0.05) is 18.2 Å². The van der Waals surface area contributed by atoms with Gasteiger partial charge in [0.2, 0.25) is 0 Å². The van der Waals surface area contributed by atoms with E-state index in [1.165, 1.54) is 69.7 Å². The summed E-state index contributed by atoms with van der Waals surface area (Å²) in [5.41, 5.74) is 8.77. The Kier molecular flexibility index (Phi) is 4.81. The summed E-state index contributed by atoms with van der Waals surface area (Å²) in [6.45, 7) is 8.42. The van der Waals surface area contributed by atoms with Gasteiger partial charge in [-0.2, -0.15) is 0 Å². The predicted octanol–water partition coefficient (Wildman–Crippen LogP) is 3.02. The van der Waals surface area contributed by atoms with Gasteiger partial charge in [0.15, 0.2) is 0 Å². The number of hydrogen-bond donors (Lipinski definition) is 1. The summed E-state index contributed by atoms with van der Waals surface area (Å²) in [7, 11) is 0. The Morgan fingerprint density at radius 3 is 2.43 bits per heavy atom. The summed E-state index contributed by atoms with van der Waals surface area (Å²) in [6, 6.07) is 8.76. The predicted molar refractivity (Wildman–Crippen MR) is 89.7 cm³/mol. The number of likely N-dealkylation sites (tertiary alicyclic amines) is 1. The van der Waals surface area contributed by atoms with Crippen LogP contribution in [0.4, 0.5) is 5.69 Å². The van der Waals surface area contributed by atoms with Gasteiger partial charge in [-0.3, -0.25) is 0 Å². The van der Waals surface area contributed by atoms with E-state index in [2.05, 4.69) is 41.0 Å². The minimum Gasteiger partial charge on any atom is -0.371 e. The van der Waals surface area contributed by atoms with E-state index in [0.717, 1.165) is 5.92 Å². The van der Waals surface area contributed by atoms with Crippen LogP contribution in [0.5, 0.6) is 0 Å². The molecule has 1 aromatic carbocycles. The van der Waals surface area contributed by atoms with Crippen molar-refractivity contribution in [3.8, 4) is 0 Å². The minimum absolute atomic E-state index is 0.114.